The van der Waals surface area contributed by atoms with Gasteiger partial charge in [-0.15, -0.1) is 0 Å². The first-order valence-electron chi connectivity index (χ1n) is 29.6. The number of carboxylic acids is 1. The molecule has 8 rings (SSSR count). The molecule has 0 saturated heterocycles. The number of aliphatic carboxylic acids is 1. The summed E-state index contributed by atoms with van der Waals surface area (Å²) in [6, 6.07) is 0. The number of carboxylic acid groups (broad SMARTS) is 1. The SMILES string of the molecule is [2H]C([C@H]1[C@@H](O)[C@@H]2[C@H](CC[C@]3(C)[C@@H]([C@H](C)CC([2H])([2H])C(C)=O)CC[C@@H]23)[C@@]2(C)CC[C@@H](O)C[C@@H]12)C([2H])([2H])[2H].[2H]C([C@H]1[C@@H](O)[C@@H]2[C@H](CC[C@]3(C)[C@@H]([C@H](C)CCC(=O)O)CC[C@@H]23)[C@@]2(C)CC[C@@H](O)C[C@@H]12)C([2H])([2H])[2H]. The largest absolute Gasteiger partial charge is 0.481 e. The van der Waals surface area contributed by atoms with E-state index < -0.39 is 80.9 Å². The second-order valence-corrected chi connectivity index (χ2v) is 23.4. The quantitative estimate of drug-likeness (QED) is 0.148. The maximum Gasteiger partial charge on any atom is 0.303 e. The molecule has 8 aliphatic carbocycles. The molecule has 7 heteroatoms. The minimum Gasteiger partial charge on any atom is -0.481 e. The molecule has 0 aliphatic heterocycles. The van der Waals surface area contributed by atoms with Crippen LogP contribution in [-0.2, 0) is 9.59 Å². The number of aliphatic hydroxyl groups is 4. The monoisotopic (exact) mass is 849 g/mol. The Kier molecular flexibility index (Phi) is 10.4. The molecule has 8 aliphatic rings. The van der Waals surface area contributed by atoms with Crippen molar-refractivity contribution in [3.05, 3.63) is 0 Å². The normalized spacial score (nSPS) is 55.7. The van der Waals surface area contributed by atoms with Gasteiger partial charge in [0.05, 0.1) is 24.4 Å². The Morgan fingerprint density at radius 2 is 1.00 bits per heavy atom. The Hall–Kier alpha value is -1.02. The van der Waals surface area contributed by atoms with Gasteiger partial charge < -0.3 is 30.3 Å². The fourth-order valence-electron chi connectivity index (χ4n) is 18.1. The third kappa shape index (κ3) is 7.83. The average molecular weight is 849 g/mol. The van der Waals surface area contributed by atoms with Gasteiger partial charge in [0.1, 0.15) is 5.78 Å². The summed E-state index contributed by atoms with van der Waals surface area (Å²) in [7, 11) is 0. The number of fused-ring (bicyclic) bond motifs is 10. The van der Waals surface area contributed by atoms with Gasteiger partial charge in [0.2, 0.25) is 0 Å². The maximum atomic E-state index is 11.9. The van der Waals surface area contributed by atoms with Gasteiger partial charge in [-0.2, -0.15) is 0 Å². The van der Waals surface area contributed by atoms with E-state index in [1.54, 1.807) is 0 Å². The molecule has 0 amide bonds. The van der Waals surface area contributed by atoms with Gasteiger partial charge in [-0.3, -0.25) is 4.79 Å². The van der Waals surface area contributed by atoms with Crippen molar-refractivity contribution in [3.8, 4) is 0 Å². The molecule has 0 aromatic carbocycles. The van der Waals surface area contributed by atoms with Gasteiger partial charge in [0, 0.05) is 26.5 Å². The van der Waals surface area contributed by atoms with E-state index in [2.05, 4.69) is 41.5 Å². The average Bonchev–Trinajstić information content (AvgIpc) is 3.80. The van der Waals surface area contributed by atoms with Crippen LogP contribution in [0.4, 0.5) is 0 Å². The molecule has 5 N–H and O–H groups in total. The van der Waals surface area contributed by atoms with Crippen LogP contribution in [0.25, 0.3) is 0 Å². The van der Waals surface area contributed by atoms with Gasteiger partial charge in [0.25, 0.3) is 0 Å². The molecule has 60 heavy (non-hydrogen) atoms. The predicted molar refractivity (Wildman–Crippen MR) is 239 cm³/mol. The van der Waals surface area contributed by atoms with E-state index in [9.17, 15) is 35.1 Å². The summed E-state index contributed by atoms with van der Waals surface area (Å²) in [6.07, 6.45) is 5.32. The molecule has 0 heterocycles. The fraction of sp³-hybridized carbons (Fsp3) is 0.962. The van der Waals surface area contributed by atoms with E-state index in [1.807, 2.05) is 0 Å². The molecule has 2 unspecified atom stereocenters. The van der Waals surface area contributed by atoms with Crippen molar-refractivity contribution in [1.29, 1.82) is 0 Å². The maximum absolute atomic E-state index is 11.9. The van der Waals surface area contributed by atoms with Crippen molar-refractivity contribution < 1.29 is 48.8 Å². The van der Waals surface area contributed by atoms with E-state index in [1.165, 1.54) is 6.92 Å². The van der Waals surface area contributed by atoms with Crippen LogP contribution >= 0.6 is 0 Å². The number of hydrogen-bond acceptors (Lipinski definition) is 6. The highest BCUT2D eigenvalue weighted by Gasteiger charge is 2.66. The Morgan fingerprint density at radius 1 is 0.600 bits per heavy atom. The number of aliphatic hydroxyl groups excluding tert-OH is 4. The van der Waals surface area contributed by atoms with Crippen molar-refractivity contribution in [2.24, 2.45) is 105 Å². The highest BCUT2D eigenvalue weighted by Crippen LogP contribution is 2.71. The number of hydrogen-bond donors (Lipinski definition) is 5. The van der Waals surface area contributed by atoms with Crippen LogP contribution in [-0.4, -0.2) is 61.7 Å². The Balaban J connectivity index is 0.000000207. The zero-order valence-electron chi connectivity index (χ0n) is 48.1. The summed E-state index contributed by atoms with van der Waals surface area (Å²) < 4.78 is 81.9. The molecule has 344 valence electrons. The van der Waals surface area contributed by atoms with Crippen LogP contribution < -0.4 is 0 Å². The van der Waals surface area contributed by atoms with Crippen LogP contribution in [0.1, 0.15) is 204 Å². The van der Waals surface area contributed by atoms with Gasteiger partial charge >= 0.3 is 5.97 Å². The van der Waals surface area contributed by atoms with E-state index >= 15 is 0 Å². The highest BCUT2D eigenvalue weighted by molar-refractivity contribution is 5.75. The zero-order valence-corrected chi connectivity index (χ0v) is 38.1. The highest BCUT2D eigenvalue weighted by atomic mass is 16.4. The van der Waals surface area contributed by atoms with Gasteiger partial charge in [-0.25, -0.2) is 0 Å². The summed E-state index contributed by atoms with van der Waals surface area (Å²) in [5.74, 6) is -1.18. The molecule has 0 aromatic rings. The number of carbonyl (C=O) groups excluding carboxylic acids is 1. The second kappa shape index (κ2) is 17.8. The number of ketones is 1. The standard InChI is InChI=1S/C27H46O3.C26H44O4/c1-6-19-23-15-18(29)11-13-27(23,5)22-12-14-26(4)20(16(2)7-8-17(3)28)9-10-21(26)24(22)25(19)30;1-5-17-21-14-16(27)10-12-26(21,4)20-11-13-25(3)18(15(2)6-9-22(28)29)7-8-19(25)23(20)24(17)30/h16,18-25,29-30H,6-15H2,1-5H3;15-21,23-24,27,30H,5-14H2,1-4H3,(H,28,29)/t16-,18-,19-,20-,21+,22+,23+,24+,25-,26-,27-;15-,16-,17-,18-,19+,20+,21+,23+,24-,25-,26-/m11/s1/i1D3,6D,8D2;1D3,5D/t6?,16-,18-,19-,20-,21+,22+,23+,24+,25-,26-,27-;5?,15-,16-,17-,18-,19+,20+,21+,23+,24-,25-,26-. The summed E-state index contributed by atoms with van der Waals surface area (Å²) in [6.45, 7) is 9.65. The lowest BCUT2D eigenvalue weighted by Crippen LogP contribution is -2.62. The van der Waals surface area contributed by atoms with Crippen LogP contribution in [0, 0.1) is 105 Å². The molecule has 7 nitrogen and oxygen atoms in total. The van der Waals surface area contributed by atoms with Crippen LogP contribution in [0.15, 0.2) is 0 Å². The van der Waals surface area contributed by atoms with Crippen LogP contribution in [0.2, 0.25) is 0 Å². The summed E-state index contributed by atoms with van der Waals surface area (Å²) >= 11 is 0. The van der Waals surface area contributed by atoms with Crippen molar-refractivity contribution in [2.75, 3.05) is 0 Å². The smallest absolute Gasteiger partial charge is 0.303 e. The van der Waals surface area contributed by atoms with Crippen molar-refractivity contribution in [2.45, 2.75) is 215 Å². The third-order valence-electron chi connectivity index (χ3n) is 21.0. The van der Waals surface area contributed by atoms with Crippen molar-refractivity contribution in [3.63, 3.8) is 0 Å². The molecule has 8 saturated carbocycles. The van der Waals surface area contributed by atoms with Crippen LogP contribution in [0.3, 0.4) is 0 Å². The van der Waals surface area contributed by atoms with Gasteiger partial charge in [-0.05, 0) is 214 Å². The van der Waals surface area contributed by atoms with Crippen molar-refractivity contribution in [1.82, 2.24) is 0 Å². The molecule has 24 atom stereocenters. The van der Waals surface area contributed by atoms with E-state index in [0.29, 0.717) is 43.9 Å². The molecule has 8 fully saturated rings. The first-order valence-corrected chi connectivity index (χ1v) is 24.5. The lowest BCUT2D eigenvalue weighted by atomic mass is 9.41. The molecular weight excluding hydrogens is 749 g/mol. The van der Waals surface area contributed by atoms with Gasteiger partial charge in [-0.1, -0.05) is 68.0 Å². The second-order valence-electron chi connectivity index (χ2n) is 23.4. The van der Waals surface area contributed by atoms with E-state index in [4.69, 9.17) is 13.7 Å². The first kappa shape index (κ1) is 35.3. The number of rotatable bonds is 10. The lowest BCUT2D eigenvalue weighted by Gasteiger charge is -2.64. The Morgan fingerprint density at radius 3 is 1.40 bits per heavy atom. The summed E-state index contributed by atoms with van der Waals surface area (Å²) in [5, 5.41) is 54.0. The van der Waals surface area contributed by atoms with Crippen LogP contribution in [0.5, 0.6) is 0 Å². The van der Waals surface area contributed by atoms with Gasteiger partial charge in [0.15, 0.2) is 0 Å². The minimum atomic E-state index is -2.50. The summed E-state index contributed by atoms with van der Waals surface area (Å²) in [5.41, 5.74) is -0.504. The molecule has 0 spiro atoms. The fourth-order valence-corrected chi connectivity index (χ4v) is 18.1. The molecule has 0 bridgehead atoms. The summed E-state index contributed by atoms with van der Waals surface area (Å²) in [4.78, 5) is 23.1. The molecule has 0 radical (unpaired) electrons. The zero-order chi connectivity index (χ0) is 52.2. The van der Waals surface area contributed by atoms with Crippen molar-refractivity contribution >= 4 is 11.8 Å². The molecule has 0 aromatic heterocycles. The number of carbonyl (C=O) groups is 2. The number of Topliss-reactive ketones (excluding diaryl/α,β-unsaturated/α-hetero) is 1. The van der Waals surface area contributed by atoms with E-state index in [-0.39, 0.29) is 93.7 Å². The Bertz CT molecular complexity index is 1880. The lowest BCUT2D eigenvalue weighted by molar-refractivity contribution is -0.203. The third-order valence-corrected chi connectivity index (χ3v) is 21.0. The topological polar surface area (TPSA) is 135 Å². The predicted octanol–water partition coefficient (Wildman–Crippen LogP) is 10.7. The minimum absolute atomic E-state index is 0.000496. The molecular formula is C53H90O7. The van der Waals surface area contributed by atoms with E-state index in [0.717, 1.165) is 64.2 Å². The Labute approximate surface area is 379 Å². The first-order chi connectivity index (χ1) is 32.2.